The van der Waals surface area contributed by atoms with Crippen molar-refractivity contribution in [3.05, 3.63) is 26.0 Å². The van der Waals surface area contributed by atoms with Crippen LogP contribution in [0.3, 0.4) is 0 Å². The van der Waals surface area contributed by atoms with E-state index in [9.17, 15) is 4.39 Å². The van der Waals surface area contributed by atoms with Crippen LogP contribution < -0.4 is 0 Å². The Labute approximate surface area is 79.5 Å². The molecule has 0 heterocycles. The molecule has 0 atom stereocenters. The van der Waals surface area contributed by atoms with E-state index in [-0.39, 0.29) is 5.75 Å². The lowest BCUT2D eigenvalue weighted by atomic mass is 10.3. The van der Waals surface area contributed by atoms with Crippen molar-refractivity contribution < 1.29 is 9.50 Å². The second-order valence-electron chi connectivity index (χ2n) is 1.69. The van der Waals surface area contributed by atoms with Crippen molar-refractivity contribution in [1.29, 1.82) is 0 Å². The van der Waals surface area contributed by atoms with Gasteiger partial charge in [-0.25, -0.2) is 4.39 Å². The number of hydrogen-bond donors (Lipinski definition) is 1. The van der Waals surface area contributed by atoms with E-state index >= 15 is 0 Å². The van der Waals surface area contributed by atoms with Crippen LogP contribution in [0.15, 0.2) is 16.6 Å². The van der Waals surface area contributed by atoms with Crippen molar-refractivity contribution in [1.82, 2.24) is 0 Å². The fourth-order valence-corrected chi connectivity index (χ4v) is 1.27. The minimum absolute atomic E-state index is 0.313. The van der Waals surface area contributed by atoms with E-state index in [0.29, 0.717) is 4.47 Å². The molecule has 1 aromatic rings. The summed E-state index contributed by atoms with van der Waals surface area (Å²) in [6.07, 6.45) is 0. The van der Waals surface area contributed by atoms with Crippen LogP contribution in [0.1, 0.15) is 0 Å². The van der Waals surface area contributed by atoms with E-state index in [2.05, 4.69) is 15.9 Å². The van der Waals surface area contributed by atoms with Crippen molar-refractivity contribution >= 4 is 38.5 Å². The molecule has 0 aliphatic heterocycles. The summed E-state index contributed by atoms with van der Waals surface area (Å²) >= 11 is 4.96. The third-order valence-corrected chi connectivity index (χ3v) is 3.43. The van der Waals surface area contributed by atoms with Crippen molar-refractivity contribution in [2.45, 2.75) is 0 Å². The predicted molar refractivity (Wildman–Crippen MR) is 48.5 cm³/mol. The number of hydrogen-bond acceptors (Lipinski definition) is 1. The summed E-state index contributed by atoms with van der Waals surface area (Å²) in [4.78, 5) is 0. The molecule has 0 aliphatic carbocycles. The smallest absolute Gasteiger partial charge is 0.180 e. The average Bonchev–Trinajstić information content (AvgIpc) is 1.93. The van der Waals surface area contributed by atoms with E-state index < -0.39 is 5.82 Å². The van der Waals surface area contributed by atoms with E-state index in [4.69, 9.17) is 5.11 Å². The lowest BCUT2D eigenvalue weighted by Gasteiger charge is -1.98. The SMILES string of the molecule is Oc1ccc(I)c(Br)c1F. The summed E-state index contributed by atoms with van der Waals surface area (Å²) < 4.78 is 13.7. The highest BCUT2D eigenvalue weighted by molar-refractivity contribution is 14.1. The molecule has 10 heavy (non-hydrogen) atoms. The maximum Gasteiger partial charge on any atom is 0.180 e. The second kappa shape index (κ2) is 3.04. The third-order valence-electron chi connectivity index (χ3n) is 1.01. The highest BCUT2D eigenvalue weighted by atomic mass is 127. The van der Waals surface area contributed by atoms with Crippen molar-refractivity contribution in [3.8, 4) is 5.75 Å². The first-order chi connectivity index (χ1) is 4.63. The molecule has 54 valence electrons. The van der Waals surface area contributed by atoms with Crippen LogP contribution in [0.25, 0.3) is 0 Å². The quantitative estimate of drug-likeness (QED) is 0.576. The van der Waals surface area contributed by atoms with Gasteiger partial charge in [-0.05, 0) is 50.7 Å². The Bertz CT molecular complexity index is 237. The van der Waals surface area contributed by atoms with E-state index in [1.165, 1.54) is 6.07 Å². The first-order valence-electron chi connectivity index (χ1n) is 2.45. The van der Waals surface area contributed by atoms with Gasteiger partial charge in [0.25, 0.3) is 0 Å². The number of phenolic OH excluding ortho intramolecular Hbond substituents is 1. The van der Waals surface area contributed by atoms with Gasteiger partial charge in [0.1, 0.15) is 0 Å². The molecule has 1 rings (SSSR count). The van der Waals surface area contributed by atoms with Crippen LogP contribution >= 0.6 is 38.5 Å². The molecule has 0 saturated carbocycles. The van der Waals surface area contributed by atoms with Crippen LogP contribution in [0.4, 0.5) is 4.39 Å². The molecule has 1 aromatic carbocycles. The van der Waals surface area contributed by atoms with Gasteiger partial charge < -0.3 is 5.11 Å². The Balaban J connectivity index is 3.34. The van der Waals surface area contributed by atoms with Crippen LogP contribution in [0.5, 0.6) is 5.75 Å². The molecule has 1 nitrogen and oxygen atoms in total. The Morgan fingerprint density at radius 1 is 1.50 bits per heavy atom. The Morgan fingerprint density at radius 3 is 2.60 bits per heavy atom. The zero-order valence-corrected chi connectivity index (χ0v) is 8.48. The van der Waals surface area contributed by atoms with Gasteiger partial charge in [0, 0.05) is 3.57 Å². The molecule has 0 spiro atoms. The van der Waals surface area contributed by atoms with Gasteiger partial charge in [0.15, 0.2) is 11.6 Å². The topological polar surface area (TPSA) is 20.2 Å². The van der Waals surface area contributed by atoms with Crippen LogP contribution in [0.2, 0.25) is 0 Å². The predicted octanol–water partition coefficient (Wildman–Crippen LogP) is 2.90. The second-order valence-corrected chi connectivity index (χ2v) is 3.65. The monoisotopic (exact) mass is 316 g/mol. The normalized spacial score (nSPS) is 9.90. The number of phenols is 1. The largest absolute Gasteiger partial charge is 0.505 e. The van der Waals surface area contributed by atoms with Gasteiger partial charge in [-0.2, -0.15) is 0 Å². The van der Waals surface area contributed by atoms with Crippen molar-refractivity contribution in [3.63, 3.8) is 0 Å². The van der Waals surface area contributed by atoms with Gasteiger partial charge in [0.2, 0.25) is 0 Å². The molecule has 0 amide bonds. The van der Waals surface area contributed by atoms with E-state index in [1.807, 2.05) is 22.6 Å². The summed E-state index contributed by atoms with van der Waals surface area (Å²) in [5.74, 6) is -0.931. The maximum absolute atomic E-state index is 12.7. The molecule has 0 aliphatic rings. The Hall–Kier alpha value is 0.160. The molecule has 0 saturated heterocycles. The van der Waals surface area contributed by atoms with Gasteiger partial charge >= 0.3 is 0 Å². The molecule has 1 N–H and O–H groups in total. The van der Waals surface area contributed by atoms with Gasteiger partial charge in [-0.1, -0.05) is 0 Å². The molecule has 0 radical (unpaired) electrons. The lowest BCUT2D eigenvalue weighted by Crippen LogP contribution is -1.81. The van der Waals surface area contributed by atoms with Crippen molar-refractivity contribution in [2.24, 2.45) is 0 Å². The number of benzene rings is 1. The minimum atomic E-state index is -0.605. The summed E-state index contributed by atoms with van der Waals surface area (Å²) in [6.45, 7) is 0. The van der Waals surface area contributed by atoms with E-state index in [0.717, 1.165) is 3.57 Å². The van der Waals surface area contributed by atoms with Crippen LogP contribution in [-0.2, 0) is 0 Å². The Morgan fingerprint density at radius 2 is 2.10 bits per heavy atom. The third kappa shape index (κ3) is 1.42. The fraction of sp³-hybridized carbons (Fsp3) is 0. The number of aromatic hydroxyl groups is 1. The number of rotatable bonds is 0. The van der Waals surface area contributed by atoms with E-state index in [1.54, 1.807) is 6.07 Å². The fourth-order valence-electron chi connectivity index (χ4n) is 0.516. The zero-order chi connectivity index (χ0) is 7.72. The Kier molecular flexibility index (Phi) is 2.51. The summed E-state index contributed by atoms with van der Waals surface area (Å²) in [5, 5.41) is 8.82. The highest BCUT2D eigenvalue weighted by Crippen LogP contribution is 2.28. The lowest BCUT2D eigenvalue weighted by molar-refractivity contribution is 0.430. The first-order valence-corrected chi connectivity index (χ1v) is 4.32. The maximum atomic E-state index is 12.7. The molecular formula is C6H3BrFIO. The van der Waals surface area contributed by atoms with Gasteiger partial charge in [-0.3, -0.25) is 0 Å². The summed E-state index contributed by atoms with van der Waals surface area (Å²) in [5.41, 5.74) is 0. The molecule has 0 bridgehead atoms. The molecule has 0 fully saturated rings. The first kappa shape index (κ1) is 8.26. The summed E-state index contributed by atoms with van der Waals surface area (Å²) in [6, 6.07) is 2.95. The van der Waals surface area contributed by atoms with Gasteiger partial charge in [0.05, 0.1) is 4.47 Å². The minimum Gasteiger partial charge on any atom is -0.505 e. The molecule has 0 aromatic heterocycles. The zero-order valence-electron chi connectivity index (χ0n) is 4.74. The highest BCUT2D eigenvalue weighted by Gasteiger charge is 2.07. The molecule has 4 heteroatoms. The molecule has 0 unspecified atom stereocenters. The van der Waals surface area contributed by atoms with Gasteiger partial charge in [-0.15, -0.1) is 0 Å². The number of halogens is 3. The standard InChI is InChI=1S/C6H3BrFIO/c7-5-3(9)1-2-4(10)6(5)8/h1-2,10H. The average molecular weight is 317 g/mol. The van der Waals surface area contributed by atoms with Crippen molar-refractivity contribution in [2.75, 3.05) is 0 Å². The summed E-state index contributed by atoms with van der Waals surface area (Å²) in [7, 11) is 0. The molecular weight excluding hydrogens is 314 g/mol. The van der Waals surface area contributed by atoms with Crippen LogP contribution in [0, 0.1) is 9.39 Å². The van der Waals surface area contributed by atoms with Crippen LogP contribution in [-0.4, -0.2) is 5.11 Å².